The van der Waals surface area contributed by atoms with E-state index in [1.165, 1.54) is 6.42 Å². The summed E-state index contributed by atoms with van der Waals surface area (Å²) in [5.41, 5.74) is 7.34. The number of nitrogens with zero attached hydrogens (tertiary/aromatic N) is 1. The molecule has 0 aromatic heterocycles. The number of hydrogen-bond acceptors (Lipinski definition) is 2. The molecule has 1 aliphatic rings. The van der Waals surface area contributed by atoms with Gasteiger partial charge < -0.3 is 10.6 Å². The van der Waals surface area contributed by atoms with Crippen molar-refractivity contribution in [2.75, 3.05) is 11.4 Å². The third-order valence-corrected chi connectivity index (χ3v) is 3.61. The third-order valence-electron chi connectivity index (χ3n) is 3.61. The zero-order chi connectivity index (χ0) is 12.4. The second-order valence-electron chi connectivity index (χ2n) is 5.04. The van der Waals surface area contributed by atoms with Crippen molar-refractivity contribution in [3.05, 3.63) is 29.6 Å². The van der Waals surface area contributed by atoms with Gasteiger partial charge in [0.25, 0.3) is 0 Å². The molecule has 1 aromatic carbocycles. The molecule has 0 spiro atoms. The Kier molecular flexibility index (Phi) is 3.67. The lowest BCUT2D eigenvalue weighted by Gasteiger charge is -2.35. The van der Waals surface area contributed by atoms with Crippen LogP contribution >= 0.6 is 0 Å². The predicted molar refractivity (Wildman–Crippen MR) is 69.7 cm³/mol. The maximum Gasteiger partial charge on any atom is 0.146 e. The lowest BCUT2D eigenvalue weighted by atomic mass is 10.0. The molecular weight excluding hydrogens is 215 g/mol. The average Bonchev–Trinajstić information content (AvgIpc) is 2.30. The molecule has 0 bridgehead atoms. The summed E-state index contributed by atoms with van der Waals surface area (Å²) in [5.74, 6) is -0.145. The summed E-state index contributed by atoms with van der Waals surface area (Å²) in [6.07, 6.45) is 3.55. The van der Waals surface area contributed by atoms with E-state index in [1.54, 1.807) is 6.07 Å². The second-order valence-corrected chi connectivity index (χ2v) is 5.04. The van der Waals surface area contributed by atoms with Crippen LogP contribution in [0.2, 0.25) is 0 Å². The van der Waals surface area contributed by atoms with Crippen LogP contribution in [0.4, 0.5) is 10.1 Å². The van der Waals surface area contributed by atoms with Gasteiger partial charge >= 0.3 is 0 Å². The fraction of sp³-hybridized carbons (Fsp3) is 0.571. The van der Waals surface area contributed by atoms with Crippen LogP contribution in [0.25, 0.3) is 0 Å². The summed E-state index contributed by atoms with van der Waals surface area (Å²) < 4.78 is 14.1. The average molecular weight is 236 g/mol. The first kappa shape index (κ1) is 12.4. The standard InChI is InChI=1S/C14H21FN2/c1-10-5-3-4-8-17(10)14-7-6-12(11(2)16)9-13(14)15/h6-7,9-11H,3-5,8,16H2,1-2H3/t10?,11-/m1/s1. The van der Waals surface area contributed by atoms with Crippen LogP contribution in [0.3, 0.4) is 0 Å². The van der Waals surface area contributed by atoms with Crippen LogP contribution in [0.15, 0.2) is 18.2 Å². The van der Waals surface area contributed by atoms with E-state index in [1.807, 2.05) is 19.1 Å². The molecule has 2 N–H and O–H groups in total. The van der Waals surface area contributed by atoms with Gasteiger partial charge in [-0.3, -0.25) is 0 Å². The molecule has 1 fully saturated rings. The highest BCUT2D eigenvalue weighted by Crippen LogP contribution is 2.28. The number of anilines is 1. The summed E-state index contributed by atoms with van der Waals surface area (Å²) in [6.45, 7) is 4.99. The van der Waals surface area contributed by atoms with Gasteiger partial charge in [-0.1, -0.05) is 6.07 Å². The highest BCUT2D eigenvalue weighted by atomic mass is 19.1. The first-order valence-corrected chi connectivity index (χ1v) is 6.41. The predicted octanol–water partition coefficient (Wildman–Crippen LogP) is 3.22. The Morgan fingerprint density at radius 2 is 2.18 bits per heavy atom. The van der Waals surface area contributed by atoms with Gasteiger partial charge in [0, 0.05) is 18.6 Å². The highest BCUT2D eigenvalue weighted by molar-refractivity contribution is 5.50. The van der Waals surface area contributed by atoms with Crippen molar-refractivity contribution < 1.29 is 4.39 Å². The lowest BCUT2D eigenvalue weighted by Crippen LogP contribution is -2.38. The Morgan fingerprint density at radius 1 is 1.41 bits per heavy atom. The van der Waals surface area contributed by atoms with Gasteiger partial charge in [-0.15, -0.1) is 0 Å². The molecule has 0 radical (unpaired) electrons. The molecule has 0 saturated carbocycles. The third kappa shape index (κ3) is 2.60. The van der Waals surface area contributed by atoms with E-state index in [2.05, 4.69) is 11.8 Å². The largest absolute Gasteiger partial charge is 0.366 e. The minimum absolute atomic E-state index is 0.114. The molecule has 0 amide bonds. The van der Waals surface area contributed by atoms with Crippen LogP contribution in [0.1, 0.15) is 44.7 Å². The van der Waals surface area contributed by atoms with Gasteiger partial charge in [0.1, 0.15) is 5.82 Å². The Labute approximate surface area is 103 Å². The number of halogens is 1. The van der Waals surface area contributed by atoms with Crippen molar-refractivity contribution in [3.63, 3.8) is 0 Å². The Morgan fingerprint density at radius 3 is 2.76 bits per heavy atom. The number of rotatable bonds is 2. The highest BCUT2D eigenvalue weighted by Gasteiger charge is 2.21. The van der Waals surface area contributed by atoms with Gasteiger partial charge in [0.2, 0.25) is 0 Å². The lowest BCUT2D eigenvalue weighted by molar-refractivity contribution is 0.475. The molecule has 1 aromatic rings. The van der Waals surface area contributed by atoms with E-state index >= 15 is 0 Å². The zero-order valence-corrected chi connectivity index (χ0v) is 10.6. The van der Waals surface area contributed by atoms with Crippen molar-refractivity contribution in [1.82, 2.24) is 0 Å². The Bertz CT molecular complexity index is 390. The summed E-state index contributed by atoms with van der Waals surface area (Å²) in [4.78, 5) is 2.17. The summed E-state index contributed by atoms with van der Waals surface area (Å²) in [5, 5.41) is 0. The summed E-state index contributed by atoms with van der Waals surface area (Å²) in [6, 6.07) is 5.69. The number of hydrogen-bond donors (Lipinski definition) is 1. The van der Waals surface area contributed by atoms with Gasteiger partial charge in [0.05, 0.1) is 5.69 Å². The van der Waals surface area contributed by atoms with E-state index in [9.17, 15) is 4.39 Å². The fourth-order valence-corrected chi connectivity index (χ4v) is 2.50. The van der Waals surface area contributed by atoms with Crippen molar-refractivity contribution >= 4 is 5.69 Å². The van der Waals surface area contributed by atoms with E-state index in [0.717, 1.165) is 30.6 Å². The van der Waals surface area contributed by atoms with Crippen LogP contribution in [-0.2, 0) is 0 Å². The molecule has 1 saturated heterocycles. The molecule has 1 aliphatic heterocycles. The van der Waals surface area contributed by atoms with Gasteiger partial charge in [-0.05, 0) is 50.8 Å². The monoisotopic (exact) mass is 236 g/mol. The van der Waals surface area contributed by atoms with Crippen LogP contribution < -0.4 is 10.6 Å². The molecular formula is C14H21FN2. The zero-order valence-electron chi connectivity index (χ0n) is 10.6. The Hall–Kier alpha value is -1.09. The smallest absolute Gasteiger partial charge is 0.146 e. The number of piperidine rings is 1. The van der Waals surface area contributed by atoms with Crippen molar-refractivity contribution in [2.24, 2.45) is 5.73 Å². The Balaban J connectivity index is 2.26. The molecule has 2 rings (SSSR count). The first-order valence-electron chi connectivity index (χ1n) is 6.41. The van der Waals surface area contributed by atoms with E-state index < -0.39 is 0 Å². The molecule has 94 valence electrons. The van der Waals surface area contributed by atoms with Crippen molar-refractivity contribution in [2.45, 2.75) is 45.2 Å². The van der Waals surface area contributed by atoms with E-state index in [-0.39, 0.29) is 11.9 Å². The molecule has 1 unspecified atom stereocenters. The summed E-state index contributed by atoms with van der Waals surface area (Å²) >= 11 is 0. The van der Waals surface area contributed by atoms with Crippen LogP contribution in [0, 0.1) is 5.82 Å². The molecule has 1 heterocycles. The fourth-order valence-electron chi connectivity index (χ4n) is 2.50. The van der Waals surface area contributed by atoms with E-state index in [4.69, 9.17) is 5.73 Å². The minimum atomic E-state index is -0.145. The van der Waals surface area contributed by atoms with Crippen molar-refractivity contribution in [1.29, 1.82) is 0 Å². The van der Waals surface area contributed by atoms with E-state index in [0.29, 0.717) is 6.04 Å². The molecule has 0 aliphatic carbocycles. The molecule has 2 atom stereocenters. The van der Waals surface area contributed by atoms with Gasteiger partial charge in [-0.2, -0.15) is 0 Å². The maximum absolute atomic E-state index is 14.1. The van der Waals surface area contributed by atoms with Crippen LogP contribution in [0.5, 0.6) is 0 Å². The molecule has 3 heteroatoms. The quantitative estimate of drug-likeness (QED) is 0.854. The minimum Gasteiger partial charge on any atom is -0.366 e. The normalized spacial score (nSPS) is 22.6. The van der Waals surface area contributed by atoms with Crippen molar-refractivity contribution in [3.8, 4) is 0 Å². The molecule has 17 heavy (non-hydrogen) atoms. The molecule has 2 nitrogen and oxygen atoms in total. The van der Waals surface area contributed by atoms with Crippen LogP contribution in [-0.4, -0.2) is 12.6 Å². The number of nitrogens with two attached hydrogens (primary N) is 1. The topological polar surface area (TPSA) is 29.3 Å². The second kappa shape index (κ2) is 5.05. The van der Waals surface area contributed by atoms with Gasteiger partial charge in [0.15, 0.2) is 0 Å². The first-order chi connectivity index (χ1) is 8.09. The number of benzene rings is 1. The summed E-state index contributed by atoms with van der Waals surface area (Å²) in [7, 11) is 0. The van der Waals surface area contributed by atoms with Gasteiger partial charge in [-0.25, -0.2) is 4.39 Å². The SMILES string of the molecule is CC1CCCCN1c1ccc([C@@H](C)N)cc1F. The maximum atomic E-state index is 14.1.